The molecule has 2 aromatic rings. The zero-order chi connectivity index (χ0) is 18.4. The van der Waals surface area contributed by atoms with Crippen LogP contribution in [-0.2, 0) is 14.8 Å². The van der Waals surface area contributed by atoms with Crippen LogP contribution in [0, 0.1) is 25.2 Å². The van der Waals surface area contributed by atoms with Gasteiger partial charge in [-0.05, 0) is 37.6 Å². The molecule has 0 unspecified atom stereocenters. The number of hydrogen-bond acceptors (Lipinski definition) is 5. The maximum absolute atomic E-state index is 12.2. The molecular weight excluding hydrogens is 342 g/mol. The molecule has 0 aromatic heterocycles. The van der Waals surface area contributed by atoms with Gasteiger partial charge in [0.1, 0.15) is 11.8 Å². The van der Waals surface area contributed by atoms with Crippen molar-refractivity contribution >= 4 is 15.9 Å². The number of para-hydroxylation sites is 1. The SMILES string of the molecule is Cc1ccc(S(=O)(=O)NNC(=O)COc2ccccc2C#N)c(C)c1. The average Bonchev–Trinajstić information content (AvgIpc) is 2.58. The van der Waals surface area contributed by atoms with Gasteiger partial charge in [-0.1, -0.05) is 29.8 Å². The minimum absolute atomic E-state index is 0.0779. The van der Waals surface area contributed by atoms with Crippen molar-refractivity contribution in [1.82, 2.24) is 10.3 Å². The Morgan fingerprint density at radius 1 is 1.20 bits per heavy atom. The molecule has 0 bridgehead atoms. The first-order chi connectivity index (χ1) is 11.8. The Bertz CT molecular complexity index is 933. The predicted octanol–water partition coefficient (Wildman–Crippen LogP) is 1.56. The van der Waals surface area contributed by atoms with E-state index in [9.17, 15) is 13.2 Å². The highest BCUT2D eigenvalue weighted by atomic mass is 32.2. The minimum atomic E-state index is -3.89. The number of aryl methyl sites for hydroxylation is 2. The van der Waals surface area contributed by atoms with E-state index in [2.05, 4.69) is 5.43 Å². The van der Waals surface area contributed by atoms with Gasteiger partial charge < -0.3 is 4.74 Å². The van der Waals surface area contributed by atoms with Crippen LogP contribution < -0.4 is 15.0 Å². The molecule has 0 heterocycles. The van der Waals surface area contributed by atoms with Crippen molar-refractivity contribution < 1.29 is 17.9 Å². The predicted molar refractivity (Wildman–Crippen MR) is 91.0 cm³/mol. The van der Waals surface area contributed by atoms with Crippen LogP contribution in [0.3, 0.4) is 0 Å². The second-order valence-electron chi connectivity index (χ2n) is 5.32. The summed E-state index contributed by atoms with van der Waals surface area (Å²) in [4.78, 5) is 13.9. The summed E-state index contributed by atoms with van der Waals surface area (Å²) in [6.07, 6.45) is 0. The Hall–Kier alpha value is -2.89. The van der Waals surface area contributed by atoms with E-state index in [4.69, 9.17) is 10.00 Å². The number of nitriles is 1. The van der Waals surface area contributed by atoms with E-state index in [1.54, 1.807) is 43.3 Å². The van der Waals surface area contributed by atoms with Gasteiger partial charge in [0.15, 0.2) is 6.61 Å². The highest BCUT2D eigenvalue weighted by molar-refractivity contribution is 7.89. The number of hydrogen-bond donors (Lipinski definition) is 2. The van der Waals surface area contributed by atoms with Crippen molar-refractivity contribution in [3.63, 3.8) is 0 Å². The molecule has 0 saturated heterocycles. The van der Waals surface area contributed by atoms with Gasteiger partial charge in [-0.15, -0.1) is 4.83 Å². The normalized spacial score (nSPS) is 10.8. The first-order valence-corrected chi connectivity index (χ1v) is 8.81. The second kappa shape index (κ2) is 7.79. The van der Waals surface area contributed by atoms with Gasteiger partial charge >= 0.3 is 0 Å². The molecule has 0 aliphatic carbocycles. The molecule has 0 aliphatic heterocycles. The molecule has 2 N–H and O–H groups in total. The molecule has 2 rings (SSSR count). The maximum Gasteiger partial charge on any atom is 0.272 e. The van der Waals surface area contributed by atoms with Crippen molar-refractivity contribution in [3.8, 4) is 11.8 Å². The summed E-state index contributed by atoms with van der Waals surface area (Å²) < 4.78 is 29.7. The number of hydrazine groups is 1. The van der Waals surface area contributed by atoms with E-state index in [-0.39, 0.29) is 16.2 Å². The van der Waals surface area contributed by atoms with Crippen molar-refractivity contribution in [2.24, 2.45) is 0 Å². The monoisotopic (exact) mass is 359 g/mol. The molecule has 0 aliphatic rings. The number of ether oxygens (including phenoxy) is 1. The third kappa shape index (κ3) is 4.79. The van der Waals surface area contributed by atoms with Crippen LogP contribution in [0.5, 0.6) is 5.75 Å². The molecule has 25 heavy (non-hydrogen) atoms. The summed E-state index contributed by atoms with van der Waals surface area (Å²) in [5.74, 6) is -0.446. The van der Waals surface area contributed by atoms with Crippen molar-refractivity contribution in [1.29, 1.82) is 5.26 Å². The summed E-state index contributed by atoms with van der Waals surface area (Å²) >= 11 is 0. The molecule has 0 radical (unpaired) electrons. The first-order valence-electron chi connectivity index (χ1n) is 7.33. The van der Waals surface area contributed by atoms with Crippen LogP contribution in [0.15, 0.2) is 47.4 Å². The van der Waals surface area contributed by atoms with E-state index in [0.29, 0.717) is 5.56 Å². The first kappa shape index (κ1) is 18.4. The third-order valence-electron chi connectivity index (χ3n) is 3.31. The number of carbonyl (C=O) groups is 1. The Kier molecular flexibility index (Phi) is 5.75. The molecule has 1 amide bonds. The molecular formula is C17H17N3O4S. The number of rotatable bonds is 6. The van der Waals surface area contributed by atoms with E-state index in [0.717, 1.165) is 5.56 Å². The lowest BCUT2D eigenvalue weighted by Crippen LogP contribution is -2.43. The molecule has 0 atom stereocenters. The number of amides is 1. The number of benzene rings is 2. The standard InChI is InChI=1S/C17H17N3O4S/c1-12-7-8-16(13(2)9-12)25(22,23)20-19-17(21)11-24-15-6-4-3-5-14(15)10-18/h3-9,20H,11H2,1-2H3,(H,19,21). The number of nitrogens with one attached hydrogen (secondary N) is 2. The van der Waals surface area contributed by atoms with Crippen LogP contribution in [0.1, 0.15) is 16.7 Å². The lowest BCUT2D eigenvalue weighted by atomic mass is 10.2. The molecule has 0 saturated carbocycles. The minimum Gasteiger partial charge on any atom is -0.482 e. The zero-order valence-electron chi connectivity index (χ0n) is 13.7. The molecule has 130 valence electrons. The lowest BCUT2D eigenvalue weighted by molar-refractivity contribution is -0.123. The fourth-order valence-corrected chi connectivity index (χ4v) is 3.23. The van der Waals surface area contributed by atoms with Crippen LogP contribution in [0.25, 0.3) is 0 Å². The van der Waals surface area contributed by atoms with Crippen LogP contribution in [0.4, 0.5) is 0 Å². The fraction of sp³-hybridized carbons (Fsp3) is 0.176. The Morgan fingerprint density at radius 2 is 1.92 bits per heavy atom. The van der Waals surface area contributed by atoms with Crippen LogP contribution in [0.2, 0.25) is 0 Å². The van der Waals surface area contributed by atoms with Gasteiger partial charge in [-0.25, -0.2) is 8.42 Å². The maximum atomic E-state index is 12.2. The molecule has 2 aromatic carbocycles. The van der Waals surface area contributed by atoms with Gasteiger partial charge in [-0.2, -0.15) is 5.26 Å². The van der Waals surface area contributed by atoms with Gasteiger partial charge in [0, 0.05) is 0 Å². The number of sulfonamides is 1. The Morgan fingerprint density at radius 3 is 2.60 bits per heavy atom. The van der Waals surface area contributed by atoms with Crippen LogP contribution >= 0.6 is 0 Å². The number of nitrogens with zero attached hydrogens (tertiary/aromatic N) is 1. The van der Waals surface area contributed by atoms with Gasteiger partial charge in [0.2, 0.25) is 0 Å². The summed E-state index contributed by atoms with van der Waals surface area (Å²) in [5.41, 5.74) is 3.88. The van der Waals surface area contributed by atoms with Crippen molar-refractivity contribution in [2.75, 3.05) is 6.61 Å². The largest absolute Gasteiger partial charge is 0.482 e. The highest BCUT2D eigenvalue weighted by Gasteiger charge is 2.17. The Labute approximate surface area is 146 Å². The highest BCUT2D eigenvalue weighted by Crippen LogP contribution is 2.17. The quantitative estimate of drug-likeness (QED) is 0.761. The summed E-state index contributed by atoms with van der Waals surface area (Å²) in [6, 6.07) is 13.2. The summed E-state index contributed by atoms with van der Waals surface area (Å²) in [6.45, 7) is 3.09. The van der Waals surface area contributed by atoms with Crippen molar-refractivity contribution in [3.05, 3.63) is 59.2 Å². The summed E-state index contributed by atoms with van der Waals surface area (Å²) in [5, 5.41) is 8.94. The van der Waals surface area contributed by atoms with E-state index in [1.807, 2.05) is 17.8 Å². The second-order valence-corrected chi connectivity index (χ2v) is 6.97. The molecule has 8 heteroatoms. The zero-order valence-corrected chi connectivity index (χ0v) is 14.6. The lowest BCUT2D eigenvalue weighted by Gasteiger charge is -2.11. The average molecular weight is 359 g/mol. The summed E-state index contributed by atoms with van der Waals surface area (Å²) in [7, 11) is -3.89. The molecule has 7 nitrogen and oxygen atoms in total. The van der Waals surface area contributed by atoms with Gasteiger partial charge in [0.25, 0.3) is 15.9 Å². The van der Waals surface area contributed by atoms with E-state index in [1.165, 1.54) is 6.07 Å². The fourth-order valence-electron chi connectivity index (χ4n) is 2.14. The van der Waals surface area contributed by atoms with Crippen LogP contribution in [-0.4, -0.2) is 20.9 Å². The number of carbonyl (C=O) groups excluding carboxylic acids is 1. The van der Waals surface area contributed by atoms with E-state index >= 15 is 0 Å². The topological polar surface area (TPSA) is 108 Å². The Balaban J connectivity index is 1.96. The van der Waals surface area contributed by atoms with Gasteiger partial charge in [-0.3, -0.25) is 10.2 Å². The molecule has 0 fully saturated rings. The van der Waals surface area contributed by atoms with Gasteiger partial charge in [0.05, 0.1) is 10.5 Å². The van der Waals surface area contributed by atoms with E-state index < -0.39 is 22.5 Å². The smallest absolute Gasteiger partial charge is 0.272 e. The third-order valence-corrected chi connectivity index (χ3v) is 4.72. The van der Waals surface area contributed by atoms with Crippen molar-refractivity contribution in [2.45, 2.75) is 18.7 Å². The molecule has 0 spiro atoms.